The lowest BCUT2D eigenvalue weighted by Crippen LogP contribution is -2.36. The first-order valence-corrected chi connectivity index (χ1v) is 11.8. The molecule has 2 aliphatic rings. The van der Waals surface area contributed by atoms with Crippen LogP contribution in [0.3, 0.4) is 0 Å². The Bertz CT molecular complexity index is 1030. The smallest absolute Gasteiger partial charge is 0.225 e. The van der Waals surface area contributed by atoms with Gasteiger partial charge in [-0.1, -0.05) is 41.5 Å². The van der Waals surface area contributed by atoms with Gasteiger partial charge in [0.2, 0.25) is 11.8 Å². The van der Waals surface area contributed by atoms with E-state index in [2.05, 4.69) is 35.6 Å². The lowest BCUT2D eigenvalue weighted by atomic mass is 9.96. The number of H-pyrrole nitrogens is 1. The number of aromatic nitrogens is 6. The van der Waals surface area contributed by atoms with E-state index >= 15 is 0 Å². The average molecular weight is 457 g/mol. The van der Waals surface area contributed by atoms with Gasteiger partial charge in [-0.05, 0) is 12.8 Å². The summed E-state index contributed by atoms with van der Waals surface area (Å²) in [5, 5.41) is 21.8. The number of amides is 2. The number of aromatic amines is 1. The fraction of sp³-hybridized carbons (Fsp3) is 0.739. The number of hydrogen-bond donors (Lipinski definition) is 3. The Morgan fingerprint density at radius 3 is 2.33 bits per heavy atom. The quantitative estimate of drug-likeness (QED) is 0.556. The standard InChI is InChI=1S/C23H36N8O2/c1-21(2,3)19(32)24-9-7-16-27-18(30-28-16)14-11-23(14)12-15(23)31-13-26-29-17(31)8-10-25-20(33)22(4,5)6/h13-15H,7-12H2,1-6H3,(H,24,32)(H,25,33)(H,27,28,30). The number of carbonyl (C=O) groups excluding carboxylic acids is 2. The maximum absolute atomic E-state index is 12.1. The molecule has 3 unspecified atom stereocenters. The Labute approximate surface area is 194 Å². The highest BCUT2D eigenvalue weighted by molar-refractivity contribution is 5.81. The van der Waals surface area contributed by atoms with Gasteiger partial charge in [-0.3, -0.25) is 14.7 Å². The van der Waals surface area contributed by atoms with Crippen LogP contribution in [0.1, 0.15) is 83.8 Å². The Kier molecular flexibility index (Phi) is 5.82. The maximum atomic E-state index is 12.1. The molecule has 2 saturated carbocycles. The SMILES string of the molecule is CC(C)(C)C(=O)NCCc1nc(C2CC23CC3n2cnnc2CCNC(=O)C(C)(C)C)n[nH]1. The molecule has 33 heavy (non-hydrogen) atoms. The molecule has 0 bridgehead atoms. The molecule has 3 atom stereocenters. The molecule has 10 nitrogen and oxygen atoms in total. The fourth-order valence-corrected chi connectivity index (χ4v) is 4.34. The Morgan fingerprint density at radius 1 is 1.06 bits per heavy atom. The van der Waals surface area contributed by atoms with Gasteiger partial charge in [-0.15, -0.1) is 10.2 Å². The van der Waals surface area contributed by atoms with Crippen LogP contribution in [-0.2, 0) is 22.4 Å². The van der Waals surface area contributed by atoms with Gasteiger partial charge in [-0.2, -0.15) is 5.10 Å². The van der Waals surface area contributed by atoms with E-state index in [0.717, 1.165) is 30.3 Å². The largest absolute Gasteiger partial charge is 0.355 e. The van der Waals surface area contributed by atoms with E-state index in [-0.39, 0.29) is 17.2 Å². The summed E-state index contributed by atoms with van der Waals surface area (Å²) in [6.45, 7) is 12.5. The van der Waals surface area contributed by atoms with Crippen LogP contribution in [0.15, 0.2) is 6.33 Å². The highest BCUT2D eigenvalue weighted by Crippen LogP contribution is 2.80. The molecule has 10 heteroatoms. The molecule has 0 saturated heterocycles. The predicted molar refractivity (Wildman–Crippen MR) is 122 cm³/mol. The summed E-state index contributed by atoms with van der Waals surface area (Å²) in [5.41, 5.74) is -0.595. The normalized spacial score (nSPS) is 24.1. The van der Waals surface area contributed by atoms with Crippen molar-refractivity contribution < 1.29 is 9.59 Å². The zero-order chi connectivity index (χ0) is 24.0. The van der Waals surface area contributed by atoms with Crippen LogP contribution in [-0.4, -0.2) is 54.8 Å². The first kappa shape index (κ1) is 23.4. The van der Waals surface area contributed by atoms with E-state index in [1.54, 1.807) is 6.33 Å². The lowest BCUT2D eigenvalue weighted by molar-refractivity contribution is -0.129. The summed E-state index contributed by atoms with van der Waals surface area (Å²) >= 11 is 0. The molecule has 2 fully saturated rings. The second-order valence-corrected chi connectivity index (χ2v) is 11.5. The summed E-state index contributed by atoms with van der Waals surface area (Å²) in [7, 11) is 0. The fourth-order valence-electron chi connectivity index (χ4n) is 4.34. The monoisotopic (exact) mass is 456 g/mol. The molecule has 0 aliphatic heterocycles. The molecule has 2 heterocycles. The number of rotatable bonds is 8. The van der Waals surface area contributed by atoms with Crippen molar-refractivity contribution in [3.63, 3.8) is 0 Å². The summed E-state index contributed by atoms with van der Waals surface area (Å²) < 4.78 is 2.17. The summed E-state index contributed by atoms with van der Waals surface area (Å²) in [4.78, 5) is 28.8. The van der Waals surface area contributed by atoms with Crippen LogP contribution in [0.25, 0.3) is 0 Å². The minimum atomic E-state index is -0.400. The zero-order valence-corrected chi connectivity index (χ0v) is 20.5. The predicted octanol–water partition coefficient (Wildman–Crippen LogP) is 1.92. The van der Waals surface area contributed by atoms with Crippen molar-refractivity contribution in [2.75, 3.05) is 13.1 Å². The molecule has 2 amide bonds. The van der Waals surface area contributed by atoms with E-state index in [4.69, 9.17) is 4.98 Å². The van der Waals surface area contributed by atoms with Gasteiger partial charge in [0.15, 0.2) is 5.82 Å². The van der Waals surface area contributed by atoms with Gasteiger partial charge in [-0.25, -0.2) is 4.98 Å². The molecule has 2 aliphatic carbocycles. The van der Waals surface area contributed by atoms with Crippen molar-refractivity contribution in [2.45, 2.75) is 79.2 Å². The molecule has 0 aromatic carbocycles. The Balaban J connectivity index is 1.28. The Morgan fingerprint density at radius 2 is 1.70 bits per heavy atom. The third-order valence-electron chi connectivity index (χ3n) is 6.68. The molecular weight excluding hydrogens is 420 g/mol. The van der Waals surface area contributed by atoms with E-state index in [9.17, 15) is 9.59 Å². The number of nitrogens with one attached hydrogen (secondary N) is 3. The summed E-state index contributed by atoms with van der Waals surface area (Å²) in [6, 6.07) is 0.360. The molecule has 3 N–H and O–H groups in total. The molecule has 2 aromatic heterocycles. The van der Waals surface area contributed by atoms with Gasteiger partial charge < -0.3 is 15.2 Å². The molecule has 4 rings (SSSR count). The van der Waals surface area contributed by atoms with Crippen molar-refractivity contribution in [3.8, 4) is 0 Å². The van der Waals surface area contributed by atoms with Crippen LogP contribution < -0.4 is 10.6 Å². The van der Waals surface area contributed by atoms with Crippen molar-refractivity contribution in [2.24, 2.45) is 16.2 Å². The number of carbonyl (C=O) groups is 2. The topological polar surface area (TPSA) is 130 Å². The van der Waals surface area contributed by atoms with Crippen LogP contribution in [0.2, 0.25) is 0 Å². The van der Waals surface area contributed by atoms with Crippen LogP contribution in [0.5, 0.6) is 0 Å². The van der Waals surface area contributed by atoms with E-state index in [1.165, 1.54) is 0 Å². The van der Waals surface area contributed by atoms with Gasteiger partial charge in [0, 0.05) is 54.1 Å². The number of hydrogen-bond acceptors (Lipinski definition) is 6. The molecular formula is C23H36N8O2. The third-order valence-corrected chi connectivity index (χ3v) is 6.68. The first-order chi connectivity index (χ1) is 15.4. The highest BCUT2D eigenvalue weighted by Gasteiger charge is 2.73. The minimum absolute atomic E-state index is 0.0342. The molecule has 1 spiro atoms. The second-order valence-electron chi connectivity index (χ2n) is 11.5. The van der Waals surface area contributed by atoms with Crippen molar-refractivity contribution >= 4 is 11.8 Å². The van der Waals surface area contributed by atoms with Crippen molar-refractivity contribution in [3.05, 3.63) is 23.8 Å². The van der Waals surface area contributed by atoms with Crippen LogP contribution >= 0.6 is 0 Å². The van der Waals surface area contributed by atoms with Gasteiger partial charge in [0.1, 0.15) is 18.0 Å². The lowest BCUT2D eigenvalue weighted by Gasteiger charge is -2.17. The average Bonchev–Trinajstić information content (AvgIpc) is 3.45. The van der Waals surface area contributed by atoms with Crippen LogP contribution in [0.4, 0.5) is 0 Å². The van der Waals surface area contributed by atoms with Crippen LogP contribution in [0, 0.1) is 16.2 Å². The van der Waals surface area contributed by atoms with E-state index < -0.39 is 10.8 Å². The van der Waals surface area contributed by atoms with Gasteiger partial charge >= 0.3 is 0 Å². The minimum Gasteiger partial charge on any atom is -0.355 e. The van der Waals surface area contributed by atoms with Gasteiger partial charge in [0.05, 0.1) is 0 Å². The van der Waals surface area contributed by atoms with E-state index in [0.29, 0.717) is 37.9 Å². The van der Waals surface area contributed by atoms with Gasteiger partial charge in [0.25, 0.3) is 0 Å². The molecule has 180 valence electrons. The summed E-state index contributed by atoms with van der Waals surface area (Å²) in [5.74, 6) is 2.98. The van der Waals surface area contributed by atoms with Crippen molar-refractivity contribution in [1.82, 2.24) is 40.6 Å². The second kappa shape index (κ2) is 8.22. The Hall–Kier alpha value is -2.78. The molecule has 0 radical (unpaired) electrons. The van der Waals surface area contributed by atoms with Crippen molar-refractivity contribution in [1.29, 1.82) is 0 Å². The molecule has 2 aromatic rings. The third kappa shape index (κ3) is 4.94. The number of nitrogens with zero attached hydrogens (tertiary/aromatic N) is 5. The highest BCUT2D eigenvalue weighted by atomic mass is 16.2. The summed E-state index contributed by atoms with van der Waals surface area (Å²) in [6.07, 6.45) is 5.23. The maximum Gasteiger partial charge on any atom is 0.225 e. The zero-order valence-electron chi connectivity index (χ0n) is 20.5. The van der Waals surface area contributed by atoms with E-state index in [1.807, 2.05) is 41.5 Å². The first-order valence-electron chi connectivity index (χ1n) is 11.8.